The van der Waals surface area contributed by atoms with Gasteiger partial charge < -0.3 is 9.64 Å². The number of ether oxygens (including phenoxy) is 1. The highest BCUT2D eigenvalue weighted by molar-refractivity contribution is 6.37. The van der Waals surface area contributed by atoms with Crippen LogP contribution in [-0.4, -0.2) is 55.8 Å². The Hall–Kier alpha value is -4.02. The van der Waals surface area contributed by atoms with Gasteiger partial charge in [0.25, 0.3) is 0 Å². The maximum atomic E-state index is 15.8. The van der Waals surface area contributed by atoms with Gasteiger partial charge in [0, 0.05) is 6.20 Å². The van der Waals surface area contributed by atoms with Crippen molar-refractivity contribution in [2.24, 2.45) is 0 Å². The number of rotatable bonds is 7. The molecular weight excluding hydrogens is 584 g/mol. The van der Waals surface area contributed by atoms with Crippen molar-refractivity contribution in [3.8, 4) is 22.7 Å². The number of carbonyl (C=O) groups excluding carboxylic acids is 1. The Morgan fingerprint density at radius 2 is 1.90 bits per heavy atom. The number of hydrogen-bond donors (Lipinski definition) is 0. The van der Waals surface area contributed by atoms with Crippen LogP contribution < -0.4 is 15.9 Å². The first-order valence-corrected chi connectivity index (χ1v) is 13.9. The summed E-state index contributed by atoms with van der Waals surface area (Å²) in [4.78, 5) is 50.2. The number of nitrogens with zero attached hydrogens (tertiary/aromatic N) is 5. The maximum absolute atomic E-state index is 15.8. The molecule has 0 atom stereocenters. The third kappa shape index (κ3) is 4.88. The molecule has 0 saturated carbocycles. The highest BCUT2D eigenvalue weighted by atomic mass is 35.5. The van der Waals surface area contributed by atoms with Crippen LogP contribution in [0.1, 0.15) is 31.0 Å². The number of pyridine rings is 2. The molecule has 4 heterocycles. The maximum Gasteiger partial charge on any atom is 0.322 e. The highest BCUT2D eigenvalue weighted by Crippen LogP contribution is 2.40. The Morgan fingerprint density at radius 3 is 2.55 bits per heavy atom. The van der Waals surface area contributed by atoms with Gasteiger partial charge in [-0.05, 0) is 48.7 Å². The van der Waals surface area contributed by atoms with Gasteiger partial charge in [-0.1, -0.05) is 49.7 Å². The van der Waals surface area contributed by atoms with E-state index >= 15 is 4.39 Å². The van der Waals surface area contributed by atoms with Crippen molar-refractivity contribution in [2.45, 2.75) is 38.9 Å². The minimum atomic E-state index is -1.96. The van der Waals surface area contributed by atoms with E-state index in [1.807, 2.05) is 13.8 Å². The van der Waals surface area contributed by atoms with Crippen molar-refractivity contribution in [1.29, 1.82) is 0 Å². The van der Waals surface area contributed by atoms with Gasteiger partial charge in [-0.25, -0.2) is 9.37 Å². The molecule has 0 N–H and O–H groups in total. The summed E-state index contributed by atoms with van der Waals surface area (Å²) in [5.74, 6) is -0.146. The number of amides is 1. The van der Waals surface area contributed by atoms with Crippen LogP contribution in [-0.2, 0) is 11.3 Å². The van der Waals surface area contributed by atoms with Gasteiger partial charge in [-0.15, -0.1) is 0 Å². The molecule has 1 fully saturated rings. The van der Waals surface area contributed by atoms with E-state index in [1.54, 1.807) is 37.4 Å². The third-order valence-corrected chi connectivity index (χ3v) is 7.91. The smallest absolute Gasteiger partial charge is 0.322 e. The Bertz CT molecular complexity index is 1880. The lowest BCUT2D eigenvalue weighted by molar-refractivity contribution is -0.141. The molecule has 3 aromatic heterocycles. The third-order valence-electron chi connectivity index (χ3n) is 7.30. The molecule has 1 aliphatic heterocycles. The van der Waals surface area contributed by atoms with Crippen LogP contribution in [0.5, 0.6) is 5.75 Å². The van der Waals surface area contributed by atoms with Crippen molar-refractivity contribution in [1.82, 2.24) is 24.0 Å². The van der Waals surface area contributed by atoms with Gasteiger partial charge in [0.05, 0.1) is 64.9 Å². The van der Waals surface area contributed by atoms with Gasteiger partial charge in [-0.3, -0.25) is 28.5 Å². The van der Waals surface area contributed by atoms with Crippen LogP contribution in [0.2, 0.25) is 10.0 Å². The molecule has 1 aromatic carbocycles. The molecule has 0 aliphatic carbocycles. The summed E-state index contributed by atoms with van der Waals surface area (Å²) in [7, 11) is 1.48. The number of aryl methyl sites for hydroxylation is 1. The number of benzene rings is 1. The lowest BCUT2D eigenvalue weighted by Gasteiger charge is -2.44. The van der Waals surface area contributed by atoms with Crippen LogP contribution in [0.25, 0.3) is 28.1 Å². The van der Waals surface area contributed by atoms with Crippen molar-refractivity contribution < 1.29 is 13.9 Å². The summed E-state index contributed by atoms with van der Waals surface area (Å²) < 4.78 is 23.6. The highest BCUT2D eigenvalue weighted by Gasteiger charge is 2.46. The topological polar surface area (TPSA) is 99.3 Å². The fraction of sp³-hybridized carbons (Fsp3) is 0.300. The lowest BCUT2D eigenvalue weighted by Crippen LogP contribution is -2.63. The minimum absolute atomic E-state index is 0.0564. The quantitative estimate of drug-likeness (QED) is 0.213. The number of aromatic nitrogens is 4. The summed E-state index contributed by atoms with van der Waals surface area (Å²) in [6.07, 6.45) is 2.73. The summed E-state index contributed by atoms with van der Waals surface area (Å²) in [5, 5.41) is 0.402. The minimum Gasteiger partial charge on any atom is -0.496 e. The van der Waals surface area contributed by atoms with Crippen LogP contribution in [0.15, 0.2) is 58.8 Å². The van der Waals surface area contributed by atoms with Gasteiger partial charge in [0.2, 0.25) is 5.91 Å². The van der Waals surface area contributed by atoms with E-state index in [1.165, 1.54) is 22.6 Å². The molecule has 0 spiro atoms. The number of likely N-dealkylation sites (tertiary alicyclic amines) is 1. The molecule has 1 amide bonds. The molecule has 4 aromatic rings. The monoisotopic (exact) mass is 611 g/mol. The molecule has 0 unspecified atom stereocenters. The first-order chi connectivity index (χ1) is 19.9. The van der Waals surface area contributed by atoms with Crippen molar-refractivity contribution >= 4 is 40.3 Å². The number of carbonyl (C=O) groups is 1. The summed E-state index contributed by atoms with van der Waals surface area (Å²) in [6, 6.07) is 8.25. The van der Waals surface area contributed by atoms with E-state index in [9.17, 15) is 14.4 Å². The number of fused-ring (bicyclic) bond motifs is 1. The molecule has 0 bridgehead atoms. The fourth-order valence-electron chi connectivity index (χ4n) is 5.28. The fourth-order valence-corrected chi connectivity index (χ4v) is 5.78. The lowest BCUT2D eigenvalue weighted by atomic mass is 9.95. The van der Waals surface area contributed by atoms with Crippen LogP contribution in [0.3, 0.4) is 0 Å². The zero-order valence-corrected chi connectivity index (χ0v) is 25.0. The molecule has 0 radical (unpaired) electrons. The second-order valence-corrected chi connectivity index (χ2v) is 11.4. The molecule has 42 heavy (non-hydrogen) atoms. The van der Waals surface area contributed by atoms with Gasteiger partial charge in [0.15, 0.2) is 11.3 Å². The first-order valence-electron chi connectivity index (χ1n) is 13.2. The summed E-state index contributed by atoms with van der Waals surface area (Å²) >= 11 is 13.3. The Labute approximate surface area is 250 Å². The van der Waals surface area contributed by atoms with Crippen molar-refractivity contribution in [3.63, 3.8) is 0 Å². The Balaban J connectivity index is 1.85. The van der Waals surface area contributed by atoms with Crippen molar-refractivity contribution in [3.05, 3.63) is 91.2 Å². The normalized spacial score (nSPS) is 14.2. The van der Waals surface area contributed by atoms with Crippen LogP contribution in [0.4, 0.5) is 4.39 Å². The van der Waals surface area contributed by atoms with Gasteiger partial charge in [0.1, 0.15) is 5.75 Å². The van der Waals surface area contributed by atoms with E-state index in [-0.39, 0.29) is 40.9 Å². The second kappa shape index (κ2) is 11.0. The standard InChI is InChI=1S/C30H28Cl2FN5O4/c1-6-22(39)36-13-30(33,14-36)15-37-20-12-19(32)25(23-18(31)8-7-9-21(23)42-5)35-27(20)38(29(41)28(37)40)26-17(4)10-11-34-24(26)16(2)3/h6-12,16H,1,13-15H2,2-5H3. The average molecular weight is 612 g/mol. The zero-order chi connectivity index (χ0) is 30.5. The second-order valence-electron chi connectivity index (χ2n) is 10.6. The van der Waals surface area contributed by atoms with Gasteiger partial charge >= 0.3 is 11.1 Å². The van der Waals surface area contributed by atoms with Gasteiger partial charge in [-0.2, -0.15) is 0 Å². The number of methoxy groups -OCH3 is 1. The van der Waals surface area contributed by atoms with Crippen molar-refractivity contribution in [2.75, 3.05) is 20.2 Å². The number of alkyl halides is 1. The molecule has 12 heteroatoms. The van der Waals surface area contributed by atoms with E-state index in [0.29, 0.717) is 33.3 Å². The summed E-state index contributed by atoms with van der Waals surface area (Å²) in [5.41, 5.74) is -1.43. The van der Waals surface area contributed by atoms with Crippen LogP contribution >= 0.6 is 23.2 Å². The first kappa shape index (κ1) is 29.5. The van der Waals surface area contributed by atoms with E-state index in [4.69, 9.17) is 32.9 Å². The Kier molecular flexibility index (Phi) is 7.72. The van der Waals surface area contributed by atoms with E-state index < -0.39 is 29.2 Å². The van der Waals surface area contributed by atoms with Crippen LogP contribution in [0, 0.1) is 6.92 Å². The molecule has 218 valence electrons. The SMILES string of the molecule is C=CC(=O)N1CC(F)(Cn2c(=O)c(=O)n(-c3c(C)ccnc3C(C)C)c3nc(-c4c(Cl)cccc4OC)c(Cl)cc32)C1. The number of hydrogen-bond acceptors (Lipinski definition) is 6. The zero-order valence-electron chi connectivity index (χ0n) is 23.5. The predicted octanol–water partition coefficient (Wildman–Crippen LogP) is 5.09. The Morgan fingerprint density at radius 1 is 1.19 bits per heavy atom. The largest absolute Gasteiger partial charge is 0.496 e. The van der Waals surface area contributed by atoms with E-state index in [0.717, 1.165) is 10.6 Å². The number of halogens is 3. The molecular formula is C30H28Cl2FN5O4. The van der Waals surface area contributed by atoms with E-state index in [2.05, 4.69) is 11.6 Å². The molecule has 1 aliphatic rings. The average Bonchev–Trinajstić information content (AvgIpc) is 2.94. The molecule has 5 rings (SSSR count). The predicted molar refractivity (Wildman–Crippen MR) is 161 cm³/mol. The molecule has 9 nitrogen and oxygen atoms in total. The summed E-state index contributed by atoms with van der Waals surface area (Å²) in [6.45, 7) is 8.06. The molecule has 1 saturated heterocycles.